The minimum absolute atomic E-state index is 0.122. The summed E-state index contributed by atoms with van der Waals surface area (Å²) in [5, 5.41) is 9.38. The van der Waals surface area contributed by atoms with Crippen LogP contribution in [-0.2, 0) is 6.42 Å². The highest BCUT2D eigenvalue weighted by molar-refractivity contribution is 5.53. The van der Waals surface area contributed by atoms with E-state index in [9.17, 15) is 10.1 Å². The highest BCUT2D eigenvalue weighted by Crippen LogP contribution is 2.23. The van der Waals surface area contributed by atoms with Crippen molar-refractivity contribution in [2.75, 3.05) is 18.0 Å². The van der Waals surface area contributed by atoms with E-state index >= 15 is 0 Å². The van der Waals surface area contributed by atoms with Crippen molar-refractivity contribution in [3.8, 4) is 6.07 Å². The van der Waals surface area contributed by atoms with Gasteiger partial charge in [-0.05, 0) is 31.2 Å². The highest BCUT2D eigenvalue weighted by Gasteiger charge is 2.22. The zero-order valence-corrected chi connectivity index (χ0v) is 14.2. The van der Waals surface area contributed by atoms with E-state index in [2.05, 4.69) is 27.9 Å². The maximum Gasteiger partial charge on any atom is 0.271 e. The molecule has 124 valence electrons. The third kappa shape index (κ3) is 3.48. The van der Waals surface area contributed by atoms with Gasteiger partial charge in [-0.15, -0.1) is 0 Å². The van der Waals surface area contributed by atoms with Crippen molar-refractivity contribution < 1.29 is 0 Å². The Kier molecular flexibility index (Phi) is 4.66. The first-order valence-corrected chi connectivity index (χ1v) is 8.40. The summed E-state index contributed by atoms with van der Waals surface area (Å²) in [6, 6.07) is 10.2. The predicted molar refractivity (Wildman–Crippen MR) is 94.2 cm³/mol. The van der Waals surface area contributed by atoms with Crippen LogP contribution < -0.4 is 10.5 Å². The van der Waals surface area contributed by atoms with Crippen LogP contribution in [0.4, 0.5) is 5.82 Å². The van der Waals surface area contributed by atoms with Crippen molar-refractivity contribution in [1.29, 1.82) is 5.26 Å². The molecule has 24 heavy (non-hydrogen) atoms. The summed E-state index contributed by atoms with van der Waals surface area (Å²) >= 11 is 0. The third-order valence-corrected chi connectivity index (χ3v) is 4.47. The van der Waals surface area contributed by atoms with Crippen molar-refractivity contribution in [2.24, 2.45) is 5.92 Å². The number of aromatic nitrogens is 2. The average Bonchev–Trinajstić information content (AvgIpc) is 2.54. The van der Waals surface area contributed by atoms with Crippen LogP contribution in [0.15, 0.2) is 29.1 Å². The molecular formula is C19H22N4O. The summed E-state index contributed by atoms with van der Waals surface area (Å²) < 4.78 is 0. The number of rotatable bonds is 3. The lowest BCUT2D eigenvalue weighted by Crippen LogP contribution is -2.37. The molecule has 0 spiro atoms. The summed E-state index contributed by atoms with van der Waals surface area (Å²) in [5.41, 5.74) is 2.05. The number of aromatic amines is 1. The molecule has 2 heterocycles. The fourth-order valence-corrected chi connectivity index (χ4v) is 3.32. The SMILES string of the molecule is Cc1cccc(Cc2nc(N3CCCC(C)C3)c(C#N)c(=O)[nH]2)c1. The molecular weight excluding hydrogens is 300 g/mol. The van der Waals surface area contributed by atoms with Crippen molar-refractivity contribution in [3.05, 3.63) is 57.1 Å². The molecule has 0 bridgehead atoms. The van der Waals surface area contributed by atoms with Gasteiger partial charge >= 0.3 is 0 Å². The molecule has 1 aliphatic rings. The largest absolute Gasteiger partial charge is 0.355 e. The quantitative estimate of drug-likeness (QED) is 0.943. The van der Waals surface area contributed by atoms with Crippen molar-refractivity contribution >= 4 is 5.82 Å². The van der Waals surface area contributed by atoms with E-state index in [0.29, 0.717) is 24.0 Å². The van der Waals surface area contributed by atoms with Crippen LogP contribution in [-0.4, -0.2) is 23.1 Å². The fourth-order valence-electron chi connectivity index (χ4n) is 3.32. The Hall–Kier alpha value is -2.61. The Morgan fingerprint density at radius 2 is 2.29 bits per heavy atom. The summed E-state index contributed by atoms with van der Waals surface area (Å²) in [5.74, 6) is 1.69. The normalized spacial score (nSPS) is 17.5. The van der Waals surface area contributed by atoms with E-state index in [4.69, 9.17) is 0 Å². The van der Waals surface area contributed by atoms with Crippen molar-refractivity contribution in [2.45, 2.75) is 33.1 Å². The molecule has 0 aliphatic carbocycles. The molecule has 5 heteroatoms. The van der Waals surface area contributed by atoms with Gasteiger partial charge in [-0.1, -0.05) is 36.8 Å². The monoisotopic (exact) mass is 322 g/mol. The number of hydrogen-bond acceptors (Lipinski definition) is 4. The van der Waals surface area contributed by atoms with Crippen LogP contribution in [0, 0.1) is 24.2 Å². The lowest BCUT2D eigenvalue weighted by atomic mass is 10.00. The molecule has 1 aliphatic heterocycles. The van der Waals surface area contributed by atoms with Crippen LogP contribution in [0.25, 0.3) is 0 Å². The van der Waals surface area contributed by atoms with Gasteiger partial charge in [-0.25, -0.2) is 4.98 Å². The van der Waals surface area contributed by atoms with Gasteiger partial charge < -0.3 is 9.88 Å². The molecule has 1 aromatic heterocycles. The van der Waals surface area contributed by atoms with Crippen LogP contribution in [0.1, 0.15) is 42.3 Å². The summed E-state index contributed by atoms with van der Waals surface area (Å²) in [7, 11) is 0. The first-order valence-electron chi connectivity index (χ1n) is 8.40. The standard InChI is InChI=1S/C19H22N4O/c1-13-5-3-7-15(9-13)10-17-21-18(16(11-20)19(24)22-17)23-8-4-6-14(2)12-23/h3,5,7,9,14H,4,6,8,10,12H2,1-2H3,(H,21,22,24). The number of nitriles is 1. The first-order chi connectivity index (χ1) is 11.6. The van der Waals surface area contributed by atoms with Crippen LogP contribution >= 0.6 is 0 Å². The molecule has 1 unspecified atom stereocenters. The second-order valence-electron chi connectivity index (χ2n) is 6.68. The Bertz CT molecular complexity index is 834. The summed E-state index contributed by atoms with van der Waals surface area (Å²) in [4.78, 5) is 21.8. The number of aryl methyl sites for hydroxylation is 1. The van der Waals surface area contributed by atoms with Gasteiger partial charge in [0.25, 0.3) is 5.56 Å². The van der Waals surface area contributed by atoms with Gasteiger partial charge in [0.2, 0.25) is 0 Å². The minimum atomic E-state index is -0.344. The molecule has 3 rings (SSSR count). The van der Waals surface area contributed by atoms with E-state index in [1.165, 1.54) is 12.0 Å². The summed E-state index contributed by atoms with van der Waals surface area (Å²) in [6.07, 6.45) is 2.80. The second kappa shape index (κ2) is 6.88. The van der Waals surface area contributed by atoms with Crippen LogP contribution in [0.2, 0.25) is 0 Å². The van der Waals surface area contributed by atoms with E-state index in [-0.39, 0.29) is 11.1 Å². The average molecular weight is 322 g/mol. The van der Waals surface area contributed by atoms with Crippen LogP contribution in [0.5, 0.6) is 0 Å². The maximum absolute atomic E-state index is 12.3. The molecule has 1 aromatic carbocycles. The number of benzene rings is 1. The van der Waals surface area contributed by atoms with Crippen molar-refractivity contribution in [3.63, 3.8) is 0 Å². The molecule has 1 saturated heterocycles. The fraction of sp³-hybridized carbons (Fsp3) is 0.421. The number of anilines is 1. The van der Waals surface area contributed by atoms with Gasteiger partial charge in [-0.2, -0.15) is 5.26 Å². The zero-order valence-electron chi connectivity index (χ0n) is 14.2. The number of nitrogens with one attached hydrogen (secondary N) is 1. The molecule has 2 aromatic rings. The Labute approximate surface area is 142 Å². The molecule has 0 radical (unpaired) electrons. The lowest BCUT2D eigenvalue weighted by Gasteiger charge is -2.32. The van der Waals surface area contributed by atoms with Gasteiger partial charge in [0.05, 0.1) is 0 Å². The minimum Gasteiger partial charge on any atom is -0.355 e. The zero-order chi connectivity index (χ0) is 17.1. The Morgan fingerprint density at radius 1 is 1.46 bits per heavy atom. The third-order valence-electron chi connectivity index (χ3n) is 4.47. The number of H-pyrrole nitrogens is 1. The van der Waals surface area contributed by atoms with Gasteiger partial charge in [0.15, 0.2) is 11.4 Å². The topological polar surface area (TPSA) is 72.8 Å². The van der Waals surface area contributed by atoms with E-state index in [0.717, 1.165) is 25.1 Å². The van der Waals surface area contributed by atoms with Gasteiger partial charge in [-0.3, -0.25) is 4.79 Å². The van der Waals surface area contributed by atoms with Crippen molar-refractivity contribution in [1.82, 2.24) is 9.97 Å². The molecule has 1 atom stereocenters. The molecule has 0 saturated carbocycles. The molecule has 0 amide bonds. The first kappa shape index (κ1) is 16.3. The van der Waals surface area contributed by atoms with Gasteiger partial charge in [0, 0.05) is 19.5 Å². The lowest BCUT2D eigenvalue weighted by molar-refractivity contribution is 0.444. The molecule has 1 fully saturated rings. The maximum atomic E-state index is 12.3. The molecule has 1 N–H and O–H groups in total. The predicted octanol–water partition coefficient (Wildman–Crippen LogP) is 2.78. The van der Waals surface area contributed by atoms with E-state index in [1.54, 1.807) is 0 Å². The highest BCUT2D eigenvalue weighted by atomic mass is 16.1. The van der Waals surface area contributed by atoms with Gasteiger partial charge in [0.1, 0.15) is 11.9 Å². The van der Waals surface area contributed by atoms with E-state index in [1.807, 2.05) is 31.2 Å². The number of nitrogens with zero attached hydrogens (tertiary/aromatic N) is 3. The Balaban J connectivity index is 1.97. The smallest absolute Gasteiger partial charge is 0.271 e. The summed E-state index contributed by atoms with van der Waals surface area (Å²) in [6.45, 7) is 5.92. The molecule has 5 nitrogen and oxygen atoms in total. The van der Waals surface area contributed by atoms with Crippen LogP contribution in [0.3, 0.4) is 0 Å². The number of hydrogen-bond donors (Lipinski definition) is 1. The number of piperidine rings is 1. The second-order valence-corrected chi connectivity index (χ2v) is 6.68. The van der Waals surface area contributed by atoms with E-state index < -0.39 is 0 Å². The Morgan fingerprint density at radius 3 is 3.00 bits per heavy atom.